The lowest BCUT2D eigenvalue weighted by Crippen LogP contribution is -2.04. The van der Waals surface area contributed by atoms with Crippen LogP contribution in [0.4, 0.5) is 0 Å². The fourth-order valence-electron chi connectivity index (χ4n) is 0.766. The number of rotatable bonds is 1. The standard InChI is InChI=1S/C11H22.CH4.H2/c1-10(2,3)8-7-9-11(4,5)6;;/h7-8H,9H2,1-6H3;1H4;1H/b8-7-;;/i;;1+1. The van der Waals surface area contributed by atoms with Crippen LogP contribution in [-0.4, -0.2) is 0 Å². The molecule has 0 atom stereocenters. The summed E-state index contributed by atoms with van der Waals surface area (Å²) < 4.78 is 0. The Kier molecular flexibility index (Phi) is 5.58. The molecule has 0 N–H and O–H groups in total. The molecule has 0 aliphatic rings. The fraction of sp³-hybridized carbons (Fsp3) is 0.833. The molecule has 0 heterocycles. The Hall–Kier alpha value is -0.260. The number of hydrogen-bond donors (Lipinski definition) is 0. The lowest BCUT2D eigenvalue weighted by molar-refractivity contribution is 0.417. The number of hydrogen-bond acceptors (Lipinski definition) is 0. The summed E-state index contributed by atoms with van der Waals surface area (Å²) in [4.78, 5) is 0. The summed E-state index contributed by atoms with van der Waals surface area (Å²) in [5.41, 5.74) is 0.771. The van der Waals surface area contributed by atoms with E-state index in [4.69, 9.17) is 0 Å². The highest BCUT2D eigenvalue weighted by atomic mass is 14.1. The van der Waals surface area contributed by atoms with Crippen LogP contribution < -0.4 is 0 Å². The number of allylic oxidation sites excluding steroid dienone is 2. The predicted molar refractivity (Wildman–Crippen MR) is 61.5 cm³/mol. The Morgan fingerprint density at radius 2 is 1.42 bits per heavy atom. The van der Waals surface area contributed by atoms with Gasteiger partial charge in [-0.05, 0) is 17.3 Å². The van der Waals surface area contributed by atoms with Gasteiger partial charge >= 0.3 is 0 Å². The molecule has 76 valence electrons. The van der Waals surface area contributed by atoms with Crippen molar-refractivity contribution in [1.82, 2.24) is 0 Å². The van der Waals surface area contributed by atoms with Gasteiger partial charge in [0.1, 0.15) is 0 Å². The third-order valence-corrected chi connectivity index (χ3v) is 1.35. The van der Waals surface area contributed by atoms with Crippen LogP contribution in [0.5, 0.6) is 0 Å². The summed E-state index contributed by atoms with van der Waals surface area (Å²) in [6.45, 7) is 13.5. The third-order valence-electron chi connectivity index (χ3n) is 1.35. The van der Waals surface area contributed by atoms with E-state index in [1.54, 1.807) is 0 Å². The van der Waals surface area contributed by atoms with Crippen LogP contribution >= 0.6 is 0 Å². The van der Waals surface area contributed by atoms with Crippen LogP contribution in [0.1, 0.15) is 56.8 Å². The minimum absolute atomic E-state index is 0. The van der Waals surface area contributed by atoms with Crippen molar-refractivity contribution in [3.8, 4) is 0 Å². The minimum atomic E-state index is 0. The fourth-order valence-corrected chi connectivity index (χ4v) is 0.766. The van der Waals surface area contributed by atoms with E-state index in [0.29, 0.717) is 10.8 Å². The second kappa shape index (κ2) is 4.69. The summed E-state index contributed by atoms with van der Waals surface area (Å²) in [5, 5.41) is 0. The lowest BCUT2D eigenvalue weighted by Gasteiger charge is -2.17. The zero-order valence-electron chi connectivity index (χ0n) is 8.86. The van der Waals surface area contributed by atoms with E-state index >= 15 is 0 Å². The quantitative estimate of drug-likeness (QED) is 0.494. The van der Waals surface area contributed by atoms with Gasteiger partial charge in [-0.1, -0.05) is 61.1 Å². The Balaban J connectivity index is -0.000000500. The summed E-state index contributed by atoms with van der Waals surface area (Å²) in [7, 11) is 0. The highest BCUT2D eigenvalue weighted by Gasteiger charge is 2.08. The highest BCUT2D eigenvalue weighted by molar-refractivity contribution is 4.93. The van der Waals surface area contributed by atoms with Gasteiger partial charge in [0.25, 0.3) is 0 Å². The van der Waals surface area contributed by atoms with Gasteiger partial charge in [-0.2, -0.15) is 0 Å². The molecule has 0 unspecified atom stereocenters. The molecule has 0 aliphatic heterocycles. The molecule has 0 aromatic carbocycles. The van der Waals surface area contributed by atoms with Crippen molar-refractivity contribution in [3.05, 3.63) is 12.2 Å². The molecule has 0 aliphatic carbocycles. The van der Waals surface area contributed by atoms with Crippen molar-refractivity contribution in [3.63, 3.8) is 0 Å². The smallest absolute Gasteiger partial charge is 0 e. The van der Waals surface area contributed by atoms with Gasteiger partial charge < -0.3 is 0 Å². The molecule has 12 heavy (non-hydrogen) atoms. The first-order valence-electron chi connectivity index (χ1n) is 4.38. The van der Waals surface area contributed by atoms with Gasteiger partial charge in [0.15, 0.2) is 0 Å². The van der Waals surface area contributed by atoms with Gasteiger partial charge in [-0.15, -0.1) is 0 Å². The maximum Gasteiger partial charge on any atom is 0 e. The summed E-state index contributed by atoms with van der Waals surface area (Å²) in [6, 6.07) is 0. The van der Waals surface area contributed by atoms with E-state index in [2.05, 4.69) is 53.7 Å². The van der Waals surface area contributed by atoms with Gasteiger partial charge in [-0.25, -0.2) is 0 Å². The molecule has 0 saturated carbocycles. The van der Waals surface area contributed by atoms with E-state index in [-0.39, 0.29) is 8.85 Å². The van der Waals surface area contributed by atoms with E-state index < -0.39 is 0 Å². The maximum absolute atomic E-state index is 2.29. The molecule has 0 amide bonds. The maximum atomic E-state index is 2.29. The first-order chi connectivity index (χ1) is 4.71. The van der Waals surface area contributed by atoms with Crippen LogP contribution in [0.3, 0.4) is 0 Å². The second-order valence-electron chi connectivity index (χ2n) is 5.53. The van der Waals surface area contributed by atoms with Crippen LogP contribution in [0, 0.1) is 10.8 Å². The van der Waals surface area contributed by atoms with Crippen molar-refractivity contribution in [1.29, 1.82) is 0 Å². The van der Waals surface area contributed by atoms with E-state index in [1.165, 1.54) is 6.42 Å². The molecule has 0 rings (SSSR count). The van der Waals surface area contributed by atoms with Crippen molar-refractivity contribution >= 4 is 0 Å². The Morgan fingerprint density at radius 3 is 1.67 bits per heavy atom. The SMILES string of the molecule is C.CC(C)(C)/C=C\CC(C)(C)C.[2HH]. The molecule has 0 aromatic heterocycles. The molecule has 0 saturated heterocycles. The second-order valence-corrected chi connectivity index (χ2v) is 5.53. The summed E-state index contributed by atoms with van der Waals surface area (Å²) >= 11 is 0. The minimum Gasteiger partial charge on any atom is -0.0875 e. The third kappa shape index (κ3) is 12.4. The molecule has 0 bridgehead atoms. The zero-order chi connectivity index (χ0) is 9.12. The monoisotopic (exact) mass is 173 g/mol. The van der Waals surface area contributed by atoms with Crippen molar-refractivity contribution < 1.29 is 1.43 Å². The molecular formula is C12H28. The Morgan fingerprint density at radius 1 is 1.00 bits per heavy atom. The highest BCUT2D eigenvalue weighted by Crippen LogP contribution is 2.21. The zero-order valence-corrected chi connectivity index (χ0v) is 8.86. The first kappa shape index (κ1) is 14.3. The van der Waals surface area contributed by atoms with Crippen molar-refractivity contribution in [2.45, 2.75) is 55.4 Å². The van der Waals surface area contributed by atoms with E-state index in [1.807, 2.05) is 0 Å². The predicted octanol–water partition coefficient (Wildman–Crippen LogP) is 4.91. The summed E-state index contributed by atoms with van der Waals surface area (Å²) in [6.07, 6.45) is 5.75. The molecule has 0 nitrogen and oxygen atoms in total. The normalized spacial score (nSPS) is 13.2. The lowest BCUT2D eigenvalue weighted by atomic mass is 9.89. The Bertz CT molecular complexity index is 132. The molecule has 0 aromatic rings. The largest absolute Gasteiger partial charge is 0.0875 e. The van der Waals surface area contributed by atoms with E-state index in [0.717, 1.165) is 0 Å². The first-order valence-corrected chi connectivity index (χ1v) is 4.38. The topological polar surface area (TPSA) is 0 Å². The van der Waals surface area contributed by atoms with Gasteiger partial charge in [0.2, 0.25) is 0 Å². The molecular weight excluding hydrogens is 144 g/mol. The molecule has 0 heteroatoms. The Labute approximate surface area is 80.6 Å². The van der Waals surface area contributed by atoms with Gasteiger partial charge in [0.05, 0.1) is 0 Å². The van der Waals surface area contributed by atoms with E-state index in [9.17, 15) is 0 Å². The van der Waals surface area contributed by atoms with Crippen LogP contribution in [-0.2, 0) is 0 Å². The van der Waals surface area contributed by atoms with Crippen LogP contribution in [0.2, 0.25) is 0 Å². The molecule has 0 fully saturated rings. The van der Waals surface area contributed by atoms with Crippen molar-refractivity contribution in [2.75, 3.05) is 0 Å². The van der Waals surface area contributed by atoms with Crippen LogP contribution in [0.15, 0.2) is 12.2 Å². The van der Waals surface area contributed by atoms with Gasteiger partial charge in [0, 0.05) is 1.43 Å². The van der Waals surface area contributed by atoms with Crippen LogP contribution in [0.25, 0.3) is 0 Å². The summed E-state index contributed by atoms with van der Waals surface area (Å²) in [5.74, 6) is 0. The van der Waals surface area contributed by atoms with Crippen molar-refractivity contribution in [2.24, 2.45) is 10.8 Å². The van der Waals surface area contributed by atoms with Gasteiger partial charge in [-0.3, -0.25) is 0 Å². The molecule has 0 radical (unpaired) electrons. The molecule has 0 spiro atoms. The average molecular weight is 173 g/mol. The average Bonchev–Trinajstić information content (AvgIpc) is 1.55.